The molecule has 1 atom stereocenters. The molecule has 1 aliphatic heterocycles. The van der Waals surface area contributed by atoms with E-state index in [1.54, 1.807) is 24.1 Å². The van der Waals surface area contributed by atoms with Gasteiger partial charge in [0.15, 0.2) is 0 Å². The van der Waals surface area contributed by atoms with Crippen molar-refractivity contribution >= 4 is 29.1 Å². The number of nitrogens with zero attached hydrogens (tertiary/aromatic N) is 3. The average molecular weight is 295 g/mol. The van der Waals surface area contributed by atoms with Crippen LogP contribution in [0.4, 0.5) is 5.95 Å². The van der Waals surface area contributed by atoms with Gasteiger partial charge in [-0.1, -0.05) is 12.2 Å². The van der Waals surface area contributed by atoms with Crippen molar-refractivity contribution in [3.8, 4) is 0 Å². The molecule has 108 valence electrons. The largest absolute Gasteiger partial charge is 0.388 e. The summed E-state index contributed by atoms with van der Waals surface area (Å²) in [6.45, 7) is 4.14. The second-order valence-corrected chi connectivity index (χ2v) is 4.87. The Labute approximate surface area is 122 Å². The van der Waals surface area contributed by atoms with Crippen LogP contribution < -0.4 is 11.1 Å². The lowest BCUT2D eigenvalue weighted by Gasteiger charge is -2.29. The molecule has 1 saturated heterocycles. The fraction of sp³-hybridized carbons (Fsp3) is 0.500. The molecule has 1 aliphatic rings. The number of hydrogen-bond donors (Lipinski definition) is 2. The molecule has 0 aromatic carbocycles. The van der Waals surface area contributed by atoms with Crippen LogP contribution in [0.1, 0.15) is 12.6 Å². The number of carbonyl (C=O) groups excluding carboxylic acids is 1. The average Bonchev–Trinajstić information content (AvgIpc) is 2.47. The SMILES string of the molecule is CC(Nc1nccc(C(N)=S)n1)C(=O)N1CCOCC1. The van der Waals surface area contributed by atoms with E-state index in [4.69, 9.17) is 22.7 Å². The molecule has 3 N–H and O–H groups in total. The molecular formula is C12H17N5O2S. The Hall–Kier alpha value is -1.80. The van der Waals surface area contributed by atoms with Crippen molar-refractivity contribution in [2.75, 3.05) is 31.6 Å². The first kappa shape index (κ1) is 14.6. The maximum Gasteiger partial charge on any atom is 0.245 e. The van der Waals surface area contributed by atoms with Gasteiger partial charge in [0.25, 0.3) is 0 Å². The minimum Gasteiger partial charge on any atom is -0.388 e. The van der Waals surface area contributed by atoms with Crippen molar-refractivity contribution in [3.05, 3.63) is 18.0 Å². The van der Waals surface area contributed by atoms with Gasteiger partial charge in [0.1, 0.15) is 16.7 Å². The number of nitrogens with two attached hydrogens (primary N) is 1. The lowest BCUT2D eigenvalue weighted by molar-refractivity contribution is -0.135. The van der Waals surface area contributed by atoms with E-state index in [1.807, 2.05) is 0 Å². The van der Waals surface area contributed by atoms with Gasteiger partial charge in [-0.25, -0.2) is 9.97 Å². The van der Waals surface area contributed by atoms with Crippen molar-refractivity contribution in [2.45, 2.75) is 13.0 Å². The van der Waals surface area contributed by atoms with Crippen molar-refractivity contribution in [2.24, 2.45) is 5.73 Å². The minimum absolute atomic E-state index is 0.00220. The fourth-order valence-corrected chi connectivity index (χ4v) is 1.99. The van der Waals surface area contributed by atoms with Gasteiger partial charge in [-0.3, -0.25) is 4.79 Å². The summed E-state index contributed by atoms with van der Waals surface area (Å²) in [5.41, 5.74) is 5.99. The van der Waals surface area contributed by atoms with E-state index >= 15 is 0 Å². The van der Waals surface area contributed by atoms with Crippen molar-refractivity contribution in [3.63, 3.8) is 0 Å². The molecule has 2 rings (SSSR count). The van der Waals surface area contributed by atoms with E-state index in [0.29, 0.717) is 37.9 Å². The molecule has 0 saturated carbocycles. The lowest BCUT2D eigenvalue weighted by atomic mass is 10.2. The highest BCUT2D eigenvalue weighted by Gasteiger charge is 2.22. The number of amides is 1. The third-order valence-electron chi connectivity index (χ3n) is 2.95. The molecule has 20 heavy (non-hydrogen) atoms. The monoisotopic (exact) mass is 295 g/mol. The molecule has 0 radical (unpaired) electrons. The number of carbonyl (C=O) groups is 1. The summed E-state index contributed by atoms with van der Waals surface area (Å²) in [5.74, 6) is 0.335. The van der Waals surface area contributed by atoms with Crippen LogP contribution in [0.3, 0.4) is 0 Å². The summed E-state index contributed by atoms with van der Waals surface area (Å²) < 4.78 is 5.22. The summed E-state index contributed by atoms with van der Waals surface area (Å²) in [7, 11) is 0. The Morgan fingerprint density at radius 3 is 2.90 bits per heavy atom. The van der Waals surface area contributed by atoms with Crippen LogP contribution in [0.2, 0.25) is 0 Å². The fourth-order valence-electron chi connectivity index (χ4n) is 1.88. The summed E-state index contributed by atoms with van der Waals surface area (Å²) in [5, 5.41) is 2.96. The molecule has 1 unspecified atom stereocenters. The molecule has 2 heterocycles. The molecule has 1 amide bonds. The number of thiocarbonyl (C=S) groups is 1. The van der Waals surface area contributed by atoms with Crippen molar-refractivity contribution in [1.82, 2.24) is 14.9 Å². The molecule has 0 aliphatic carbocycles. The lowest BCUT2D eigenvalue weighted by Crippen LogP contribution is -2.47. The predicted octanol–water partition coefficient (Wildman–Crippen LogP) is -0.230. The first-order chi connectivity index (χ1) is 9.58. The number of anilines is 1. The van der Waals surface area contributed by atoms with Gasteiger partial charge < -0.3 is 20.7 Å². The highest BCUT2D eigenvalue weighted by Crippen LogP contribution is 2.06. The van der Waals surface area contributed by atoms with Crippen LogP contribution in [0.5, 0.6) is 0 Å². The molecule has 0 bridgehead atoms. The molecule has 7 nitrogen and oxygen atoms in total. The van der Waals surface area contributed by atoms with Crippen molar-refractivity contribution < 1.29 is 9.53 Å². The topological polar surface area (TPSA) is 93.4 Å². The van der Waals surface area contributed by atoms with Gasteiger partial charge in [-0.05, 0) is 13.0 Å². The maximum atomic E-state index is 12.2. The standard InChI is InChI=1S/C12H17N5O2S/c1-8(11(18)17-4-6-19-7-5-17)15-12-14-3-2-9(16-12)10(13)20/h2-3,8H,4-7H2,1H3,(H2,13,20)(H,14,15,16). The van der Waals surface area contributed by atoms with Crippen LogP contribution in [0.15, 0.2) is 12.3 Å². The number of aromatic nitrogens is 2. The van der Waals surface area contributed by atoms with Crippen molar-refractivity contribution in [1.29, 1.82) is 0 Å². The van der Waals surface area contributed by atoms with E-state index in [-0.39, 0.29) is 10.9 Å². The van der Waals surface area contributed by atoms with Gasteiger partial charge in [-0.15, -0.1) is 0 Å². The number of rotatable bonds is 4. The summed E-state index contributed by atoms with van der Waals surface area (Å²) in [4.78, 5) is 22.4. The van der Waals surface area contributed by atoms with E-state index in [2.05, 4.69) is 15.3 Å². The zero-order chi connectivity index (χ0) is 14.5. The highest BCUT2D eigenvalue weighted by molar-refractivity contribution is 7.80. The Morgan fingerprint density at radius 2 is 2.25 bits per heavy atom. The summed E-state index contributed by atoms with van der Waals surface area (Å²) in [6.07, 6.45) is 1.55. The third kappa shape index (κ3) is 3.61. The highest BCUT2D eigenvalue weighted by atomic mass is 32.1. The number of ether oxygens (including phenoxy) is 1. The zero-order valence-electron chi connectivity index (χ0n) is 11.2. The predicted molar refractivity (Wildman–Crippen MR) is 78.4 cm³/mol. The van der Waals surface area contributed by atoms with Gasteiger partial charge in [-0.2, -0.15) is 0 Å². The van der Waals surface area contributed by atoms with Crippen LogP contribution >= 0.6 is 12.2 Å². The van der Waals surface area contributed by atoms with E-state index < -0.39 is 6.04 Å². The molecule has 1 aromatic rings. The van der Waals surface area contributed by atoms with E-state index in [1.165, 1.54) is 0 Å². The van der Waals surface area contributed by atoms with Gasteiger partial charge in [0, 0.05) is 19.3 Å². The van der Waals surface area contributed by atoms with Gasteiger partial charge in [0.05, 0.1) is 13.2 Å². The second-order valence-electron chi connectivity index (χ2n) is 4.43. The molecule has 1 aromatic heterocycles. The first-order valence-corrected chi connectivity index (χ1v) is 6.74. The van der Waals surface area contributed by atoms with Gasteiger partial charge >= 0.3 is 0 Å². The number of morpholine rings is 1. The Morgan fingerprint density at radius 1 is 1.55 bits per heavy atom. The zero-order valence-corrected chi connectivity index (χ0v) is 12.0. The minimum atomic E-state index is -0.422. The Kier molecular flexibility index (Phi) is 4.80. The molecule has 8 heteroatoms. The van der Waals surface area contributed by atoms with Crippen LogP contribution in [0, 0.1) is 0 Å². The first-order valence-electron chi connectivity index (χ1n) is 6.34. The van der Waals surface area contributed by atoms with Crippen LogP contribution in [-0.2, 0) is 9.53 Å². The quantitative estimate of drug-likeness (QED) is 0.741. The third-order valence-corrected chi connectivity index (χ3v) is 3.16. The van der Waals surface area contributed by atoms with E-state index in [9.17, 15) is 4.79 Å². The van der Waals surface area contributed by atoms with Crippen LogP contribution in [-0.4, -0.2) is 58.1 Å². The molecule has 1 fully saturated rings. The van der Waals surface area contributed by atoms with Gasteiger partial charge in [0.2, 0.25) is 11.9 Å². The molecule has 0 spiro atoms. The number of hydrogen-bond acceptors (Lipinski definition) is 6. The second kappa shape index (κ2) is 6.58. The smallest absolute Gasteiger partial charge is 0.245 e. The normalized spacial score (nSPS) is 16.6. The van der Waals surface area contributed by atoms with E-state index in [0.717, 1.165) is 0 Å². The Bertz CT molecular complexity index is 504. The summed E-state index contributed by atoms with van der Waals surface area (Å²) >= 11 is 4.86. The number of nitrogens with one attached hydrogen (secondary N) is 1. The molecular weight excluding hydrogens is 278 g/mol. The summed E-state index contributed by atoms with van der Waals surface area (Å²) in [6, 6.07) is 1.21. The maximum absolute atomic E-state index is 12.2. The Balaban J connectivity index is 1.99. The van der Waals surface area contributed by atoms with Crippen LogP contribution in [0.25, 0.3) is 0 Å².